The highest BCUT2D eigenvalue weighted by molar-refractivity contribution is 5.60. The third-order valence-electron chi connectivity index (χ3n) is 6.17. The molecule has 0 aliphatic rings. The van der Waals surface area contributed by atoms with Crippen LogP contribution in [0.2, 0.25) is 0 Å². The summed E-state index contributed by atoms with van der Waals surface area (Å²) in [6.45, 7) is 8.37. The fourth-order valence-electron chi connectivity index (χ4n) is 4.94. The molecule has 0 N–H and O–H groups in total. The van der Waals surface area contributed by atoms with E-state index in [0.29, 0.717) is 35.6 Å². The van der Waals surface area contributed by atoms with Crippen molar-refractivity contribution in [2.45, 2.75) is 46.0 Å². The maximum Gasteiger partial charge on any atom is 0.224 e. The van der Waals surface area contributed by atoms with E-state index in [-0.39, 0.29) is 23.0 Å². The van der Waals surface area contributed by atoms with E-state index in [9.17, 15) is 17.6 Å². The number of aromatic nitrogens is 4. The van der Waals surface area contributed by atoms with E-state index in [1.807, 2.05) is 12.1 Å². The highest BCUT2D eigenvalue weighted by Gasteiger charge is 2.39. The molecule has 0 amide bonds. The molecule has 4 rings (SSSR count). The number of pyridine rings is 4. The predicted octanol–water partition coefficient (Wildman–Crippen LogP) is 7.54. The molecule has 37 heavy (non-hydrogen) atoms. The van der Waals surface area contributed by atoms with Crippen molar-refractivity contribution in [1.82, 2.24) is 19.9 Å². The lowest BCUT2D eigenvalue weighted by Crippen LogP contribution is -2.34. The summed E-state index contributed by atoms with van der Waals surface area (Å²) in [6, 6.07) is 15.4. The van der Waals surface area contributed by atoms with Gasteiger partial charge in [0.1, 0.15) is 0 Å². The van der Waals surface area contributed by atoms with E-state index >= 15 is 0 Å². The summed E-state index contributed by atoms with van der Waals surface area (Å²) in [5.74, 6) is -3.25. The summed E-state index contributed by atoms with van der Waals surface area (Å²) < 4.78 is 56.0. The van der Waals surface area contributed by atoms with Gasteiger partial charge < -0.3 is 0 Å². The molecule has 4 nitrogen and oxygen atoms in total. The summed E-state index contributed by atoms with van der Waals surface area (Å²) in [6.07, 6.45) is 1.32. The second-order valence-electron chi connectivity index (χ2n) is 10.0. The Hall–Kier alpha value is -3.68. The van der Waals surface area contributed by atoms with Crippen LogP contribution in [0.5, 0.6) is 0 Å². The predicted molar refractivity (Wildman–Crippen MR) is 134 cm³/mol. The van der Waals surface area contributed by atoms with Crippen molar-refractivity contribution in [2.24, 2.45) is 11.8 Å². The summed E-state index contributed by atoms with van der Waals surface area (Å²) in [7, 11) is 0. The van der Waals surface area contributed by atoms with Crippen LogP contribution in [-0.4, -0.2) is 19.9 Å². The zero-order chi connectivity index (χ0) is 26.7. The van der Waals surface area contributed by atoms with Gasteiger partial charge in [0.15, 0.2) is 0 Å². The number of hydrogen-bond donors (Lipinski definition) is 0. The second kappa shape index (κ2) is 10.7. The van der Waals surface area contributed by atoms with E-state index in [1.165, 1.54) is 12.1 Å². The maximum absolute atomic E-state index is 14.5. The first kappa shape index (κ1) is 26.4. The molecule has 0 atom stereocenters. The molecule has 0 saturated heterocycles. The van der Waals surface area contributed by atoms with Gasteiger partial charge in [-0.05, 0) is 73.2 Å². The Labute approximate surface area is 213 Å². The molecule has 8 heteroatoms. The van der Waals surface area contributed by atoms with Crippen molar-refractivity contribution in [1.29, 1.82) is 0 Å². The molecule has 4 aromatic rings. The van der Waals surface area contributed by atoms with Gasteiger partial charge in [-0.25, -0.2) is 0 Å². The van der Waals surface area contributed by atoms with Gasteiger partial charge in [0, 0.05) is 0 Å². The summed E-state index contributed by atoms with van der Waals surface area (Å²) in [4.78, 5) is 16.3. The normalized spacial score (nSPS) is 11.9. The van der Waals surface area contributed by atoms with Crippen molar-refractivity contribution in [3.8, 4) is 22.5 Å². The monoisotopic (exact) mass is 508 g/mol. The summed E-state index contributed by atoms with van der Waals surface area (Å²) >= 11 is 0. The molecule has 0 fully saturated rings. The maximum atomic E-state index is 14.5. The molecule has 0 bridgehead atoms. The van der Waals surface area contributed by atoms with Crippen LogP contribution in [-0.2, 0) is 5.41 Å². The Kier molecular flexibility index (Phi) is 7.66. The first-order chi connectivity index (χ1) is 17.6. The highest BCUT2D eigenvalue weighted by atomic mass is 19.1. The quantitative estimate of drug-likeness (QED) is 0.182. The smallest absolute Gasteiger partial charge is 0.224 e. The van der Waals surface area contributed by atoms with Crippen LogP contribution in [0.1, 0.15) is 51.9 Å². The van der Waals surface area contributed by atoms with E-state index in [2.05, 4.69) is 37.7 Å². The van der Waals surface area contributed by atoms with Gasteiger partial charge in [-0.15, -0.1) is 0 Å². The molecule has 4 aromatic heterocycles. The largest absolute Gasteiger partial charge is 0.252 e. The van der Waals surface area contributed by atoms with Gasteiger partial charge in [0.2, 0.25) is 23.8 Å². The van der Waals surface area contributed by atoms with Crippen molar-refractivity contribution in [2.75, 3.05) is 0 Å². The van der Waals surface area contributed by atoms with Crippen LogP contribution < -0.4 is 0 Å². The molecule has 0 aliphatic heterocycles. The van der Waals surface area contributed by atoms with Crippen molar-refractivity contribution >= 4 is 0 Å². The second-order valence-corrected chi connectivity index (χ2v) is 10.0. The molecular formula is C29H28F4N4. The lowest BCUT2D eigenvalue weighted by atomic mass is 9.69. The number of halogens is 4. The Bertz CT molecular complexity index is 1300. The topological polar surface area (TPSA) is 51.6 Å². The van der Waals surface area contributed by atoms with Crippen LogP contribution in [0.4, 0.5) is 17.6 Å². The van der Waals surface area contributed by atoms with Crippen molar-refractivity contribution in [3.63, 3.8) is 0 Å². The van der Waals surface area contributed by atoms with Crippen LogP contribution in [0.3, 0.4) is 0 Å². The van der Waals surface area contributed by atoms with E-state index in [1.54, 1.807) is 24.3 Å². The molecule has 0 radical (unpaired) electrons. The van der Waals surface area contributed by atoms with Crippen molar-refractivity contribution < 1.29 is 17.6 Å². The highest BCUT2D eigenvalue weighted by Crippen LogP contribution is 2.43. The van der Waals surface area contributed by atoms with E-state index in [4.69, 9.17) is 9.97 Å². The third-order valence-corrected chi connectivity index (χ3v) is 6.17. The SMILES string of the molecule is CC(C)CC(CC(C)C)(c1cccc(-c2ccc(F)nc2F)n1)c1cccc(-c2ccc(F)nc2F)n1. The third kappa shape index (κ3) is 5.68. The van der Waals surface area contributed by atoms with Gasteiger partial charge >= 0.3 is 0 Å². The zero-order valence-corrected chi connectivity index (χ0v) is 21.1. The number of rotatable bonds is 8. The van der Waals surface area contributed by atoms with Crippen molar-refractivity contribution in [3.05, 3.63) is 95.8 Å². The van der Waals surface area contributed by atoms with Crippen LogP contribution >= 0.6 is 0 Å². The van der Waals surface area contributed by atoms with Crippen LogP contribution in [0.25, 0.3) is 22.5 Å². The van der Waals surface area contributed by atoms with Crippen LogP contribution in [0.15, 0.2) is 60.7 Å². The molecule has 0 aromatic carbocycles. The average molecular weight is 509 g/mol. The Morgan fingerprint density at radius 3 is 1.32 bits per heavy atom. The minimum Gasteiger partial charge on any atom is -0.252 e. The fourth-order valence-corrected chi connectivity index (χ4v) is 4.94. The first-order valence-corrected chi connectivity index (χ1v) is 12.2. The standard InChI is InChI=1S/C29H28F4N4/c1-17(2)15-29(16-18(3)4,23-9-5-7-21(34-23)19-11-13-25(30)36-27(19)32)24-10-6-8-22(35-24)20-12-14-26(31)37-28(20)33/h5-14,17-18H,15-16H2,1-4H3. The van der Waals surface area contributed by atoms with Gasteiger partial charge in [-0.2, -0.15) is 27.5 Å². The Balaban J connectivity index is 1.93. The fraction of sp³-hybridized carbons (Fsp3) is 0.310. The molecule has 0 spiro atoms. The molecule has 4 heterocycles. The van der Waals surface area contributed by atoms with Gasteiger partial charge in [-0.1, -0.05) is 39.8 Å². The number of nitrogens with zero attached hydrogens (tertiary/aromatic N) is 4. The average Bonchev–Trinajstić information content (AvgIpc) is 2.83. The zero-order valence-electron chi connectivity index (χ0n) is 21.1. The number of hydrogen-bond acceptors (Lipinski definition) is 4. The summed E-state index contributed by atoms with van der Waals surface area (Å²) in [5, 5.41) is 0. The lowest BCUT2D eigenvalue weighted by Gasteiger charge is -2.36. The van der Waals surface area contributed by atoms with Crippen LogP contribution in [0, 0.1) is 35.6 Å². The molecule has 0 unspecified atom stereocenters. The molecule has 0 saturated carbocycles. The lowest BCUT2D eigenvalue weighted by molar-refractivity contribution is 0.317. The molecular weight excluding hydrogens is 480 g/mol. The minimum absolute atomic E-state index is 0.0902. The van der Waals surface area contributed by atoms with Gasteiger partial charge in [-0.3, -0.25) is 9.97 Å². The molecule has 192 valence electrons. The summed E-state index contributed by atoms with van der Waals surface area (Å²) in [5.41, 5.74) is 1.45. The van der Waals surface area contributed by atoms with Gasteiger partial charge in [0.05, 0.1) is 39.3 Å². The Morgan fingerprint density at radius 2 is 0.973 bits per heavy atom. The van der Waals surface area contributed by atoms with E-state index in [0.717, 1.165) is 12.1 Å². The Morgan fingerprint density at radius 1 is 0.568 bits per heavy atom. The molecule has 0 aliphatic carbocycles. The van der Waals surface area contributed by atoms with Gasteiger partial charge in [0.25, 0.3) is 0 Å². The van der Waals surface area contributed by atoms with E-state index < -0.39 is 29.2 Å². The first-order valence-electron chi connectivity index (χ1n) is 12.2. The minimum atomic E-state index is -0.942.